The maximum atomic E-state index is 13.4. The van der Waals surface area contributed by atoms with Gasteiger partial charge in [-0.25, -0.2) is 0 Å². The molecule has 43 heavy (non-hydrogen) atoms. The summed E-state index contributed by atoms with van der Waals surface area (Å²) in [5.74, 6) is -2.88. The lowest BCUT2D eigenvalue weighted by molar-refractivity contribution is -0.463. The van der Waals surface area contributed by atoms with E-state index in [1.807, 2.05) is 54.5 Å². The lowest BCUT2D eigenvalue weighted by Crippen LogP contribution is -2.89. The zero-order valence-corrected chi connectivity index (χ0v) is 26.4. The Labute approximate surface area is 252 Å². The van der Waals surface area contributed by atoms with E-state index in [9.17, 15) is 24.6 Å². The Kier molecular flexibility index (Phi) is 6.78. The number of rotatable bonds is 5. The topological polar surface area (TPSA) is 142 Å². The Hall–Kier alpha value is -2.43. The van der Waals surface area contributed by atoms with E-state index in [1.54, 1.807) is 12.5 Å². The van der Waals surface area contributed by atoms with E-state index in [0.717, 1.165) is 5.56 Å². The number of cyclic esters (lactones) is 1. The third-order valence-electron chi connectivity index (χ3n) is 12.4. The zero-order chi connectivity index (χ0) is 31.5. The molecule has 12 atom stereocenters. The average Bonchev–Trinajstić information content (AvgIpc) is 3.46. The van der Waals surface area contributed by atoms with Gasteiger partial charge in [0.05, 0.1) is 37.3 Å². The standard InChI is InChI=1S/C33H46O10/c1-16(2)11-24(36)41-28-26(38)27-30(6)20(29(4,5)43-25(37)14-22(30)40-17(3)34)13-23-32(27,8)33(42-23)21(35)12-19(31(28,33)7)18-9-10-39-15-18/h9-10,15-16,19-23,26-28,35,38H,11-14H2,1-8H3/t19-,20-,21+,22-,23+,26+,27+,28-,30+,31+,32+,33-/m0/s1. The van der Waals surface area contributed by atoms with Gasteiger partial charge in [0.15, 0.2) is 0 Å². The van der Waals surface area contributed by atoms with Crippen molar-refractivity contribution in [3.05, 3.63) is 24.2 Å². The molecule has 3 aliphatic carbocycles. The summed E-state index contributed by atoms with van der Waals surface area (Å²) in [4.78, 5) is 39.0. The number of ether oxygens (including phenoxy) is 4. The summed E-state index contributed by atoms with van der Waals surface area (Å²) < 4.78 is 30.6. The van der Waals surface area contributed by atoms with Crippen molar-refractivity contribution in [3.8, 4) is 0 Å². The van der Waals surface area contributed by atoms with E-state index in [-0.39, 0.29) is 30.6 Å². The summed E-state index contributed by atoms with van der Waals surface area (Å²) in [7, 11) is 0. The van der Waals surface area contributed by atoms with Crippen LogP contribution < -0.4 is 0 Å². The lowest BCUT2D eigenvalue weighted by Gasteiger charge is -2.80. The van der Waals surface area contributed by atoms with Crippen LogP contribution in [0.4, 0.5) is 0 Å². The van der Waals surface area contributed by atoms with Crippen molar-refractivity contribution in [2.75, 3.05) is 0 Å². The quantitative estimate of drug-likeness (QED) is 0.376. The summed E-state index contributed by atoms with van der Waals surface area (Å²) in [5, 5.41) is 24.8. The summed E-state index contributed by atoms with van der Waals surface area (Å²) in [6.07, 6.45) is -0.616. The van der Waals surface area contributed by atoms with Gasteiger partial charge in [0.25, 0.3) is 0 Å². The monoisotopic (exact) mass is 602 g/mol. The van der Waals surface area contributed by atoms with Crippen molar-refractivity contribution in [3.63, 3.8) is 0 Å². The van der Waals surface area contributed by atoms with E-state index < -0.39 is 81.8 Å². The van der Waals surface area contributed by atoms with Crippen molar-refractivity contribution in [1.29, 1.82) is 0 Å². The molecule has 1 aromatic heterocycles. The first-order valence-corrected chi connectivity index (χ1v) is 15.6. The minimum Gasteiger partial charge on any atom is -0.472 e. The second-order valence-corrected chi connectivity index (χ2v) is 15.3. The van der Waals surface area contributed by atoms with Crippen LogP contribution >= 0.6 is 0 Å². The molecule has 2 N–H and O–H groups in total. The Morgan fingerprint density at radius 3 is 2.37 bits per heavy atom. The van der Waals surface area contributed by atoms with E-state index in [1.165, 1.54) is 6.92 Å². The molecule has 0 unspecified atom stereocenters. The number of aliphatic hydroxyl groups is 2. The summed E-state index contributed by atoms with van der Waals surface area (Å²) in [6, 6.07) is 1.84. The molecule has 3 saturated carbocycles. The molecule has 0 bridgehead atoms. The predicted octanol–water partition coefficient (Wildman–Crippen LogP) is 3.91. The number of furan rings is 1. The van der Waals surface area contributed by atoms with Crippen LogP contribution in [-0.2, 0) is 33.3 Å². The van der Waals surface area contributed by atoms with Gasteiger partial charge in [-0.3, -0.25) is 14.4 Å². The molecule has 0 amide bonds. The first-order valence-electron chi connectivity index (χ1n) is 15.6. The maximum absolute atomic E-state index is 13.4. The Morgan fingerprint density at radius 1 is 1.07 bits per heavy atom. The Balaban J connectivity index is 1.58. The molecule has 238 valence electrons. The summed E-state index contributed by atoms with van der Waals surface area (Å²) in [5.41, 5.74) is -4.26. The third kappa shape index (κ3) is 3.72. The van der Waals surface area contributed by atoms with Gasteiger partial charge in [-0.1, -0.05) is 34.6 Å². The minimum atomic E-state index is -1.24. The molecule has 10 heteroatoms. The van der Waals surface area contributed by atoms with Crippen LogP contribution in [-0.4, -0.2) is 69.8 Å². The first kappa shape index (κ1) is 30.6. The largest absolute Gasteiger partial charge is 0.472 e. The van der Waals surface area contributed by atoms with Gasteiger partial charge in [0.2, 0.25) is 0 Å². The van der Waals surface area contributed by atoms with Gasteiger partial charge in [-0.05, 0) is 44.2 Å². The smallest absolute Gasteiger partial charge is 0.310 e. The van der Waals surface area contributed by atoms with Crippen LogP contribution in [0.5, 0.6) is 0 Å². The van der Waals surface area contributed by atoms with Crippen LogP contribution in [0.25, 0.3) is 0 Å². The molecule has 2 saturated heterocycles. The van der Waals surface area contributed by atoms with Crippen molar-refractivity contribution in [1.82, 2.24) is 0 Å². The van der Waals surface area contributed by atoms with Gasteiger partial charge in [0.1, 0.15) is 23.4 Å². The van der Waals surface area contributed by atoms with Crippen LogP contribution in [0.15, 0.2) is 23.0 Å². The number of carbonyl (C=O) groups is 3. The number of hydrogen-bond acceptors (Lipinski definition) is 10. The maximum Gasteiger partial charge on any atom is 0.310 e. The molecule has 1 aromatic rings. The van der Waals surface area contributed by atoms with Crippen LogP contribution in [0.1, 0.15) is 92.6 Å². The Morgan fingerprint density at radius 2 is 1.77 bits per heavy atom. The lowest BCUT2D eigenvalue weighted by atomic mass is 9.32. The fourth-order valence-corrected chi connectivity index (χ4v) is 11.0. The van der Waals surface area contributed by atoms with Crippen molar-refractivity contribution in [2.45, 2.75) is 129 Å². The van der Waals surface area contributed by atoms with Crippen LogP contribution in [0.3, 0.4) is 0 Å². The molecule has 3 heterocycles. The zero-order valence-electron chi connectivity index (χ0n) is 26.4. The van der Waals surface area contributed by atoms with Crippen molar-refractivity contribution >= 4 is 17.9 Å². The molecular formula is C33H46O10. The van der Waals surface area contributed by atoms with Gasteiger partial charge in [-0.15, -0.1) is 0 Å². The van der Waals surface area contributed by atoms with E-state index in [0.29, 0.717) is 12.8 Å². The number of aliphatic hydroxyl groups excluding tert-OH is 2. The molecule has 0 aromatic carbocycles. The van der Waals surface area contributed by atoms with E-state index in [2.05, 4.69) is 0 Å². The number of carbonyl (C=O) groups excluding carboxylic acids is 3. The normalized spacial score (nSPS) is 47.7. The molecule has 2 aliphatic heterocycles. The predicted molar refractivity (Wildman–Crippen MR) is 151 cm³/mol. The molecule has 0 radical (unpaired) electrons. The minimum absolute atomic E-state index is 0.0270. The molecule has 5 fully saturated rings. The molecule has 1 spiro atoms. The molecule has 6 rings (SSSR count). The van der Waals surface area contributed by atoms with E-state index >= 15 is 0 Å². The fraction of sp³-hybridized carbons (Fsp3) is 0.788. The highest BCUT2D eigenvalue weighted by Crippen LogP contribution is 2.81. The van der Waals surface area contributed by atoms with Crippen LogP contribution in [0.2, 0.25) is 0 Å². The van der Waals surface area contributed by atoms with Gasteiger partial charge in [-0.2, -0.15) is 0 Å². The van der Waals surface area contributed by atoms with Crippen molar-refractivity contribution in [2.24, 2.45) is 34.0 Å². The first-order chi connectivity index (χ1) is 20.0. The fourth-order valence-electron chi connectivity index (χ4n) is 11.0. The highest BCUT2D eigenvalue weighted by atomic mass is 16.6. The third-order valence-corrected chi connectivity index (χ3v) is 12.4. The number of esters is 3. The van der Waals surface area contributed by atoms with Gasteiger partial charge >= 0.3 is 17.9 Å². The number of hydrogen-bond donors (Lipinski definition) is 2. The van der Waals surface area contributed by atoms with E-state index in [4.69, 9.17) is 23.4 Å². The highest BCUT2D eigenvalue weighted by Gasteiger charge is 2.90. The SMILES string of the molecule is CC(=O)O[C@H]1CC(=O)OC(C)(C)[C@@H]2C[C@H]3O[C@@]45[C@H](O)C[C@@H](c6ccoc6)[C@]4(C)[C@@H](OC(=O)CC(C)C)[C@H](O)[C@H]([C@@]12C)[C@@]35C. The Bertz CT molecular complexity index is 1300. The highest BCUT2D eigenvalue weighted by molar-refractivity contribution is 5.73. The summed E-state index contributed by atoms with van der Waals surface area (Å²) in [6.45, 7) is 14.8. The summed E-state index contributed by atoms with van der Waals surface area (Å²) >= 11 is 0. The van der Waals surface area contributed by atoms with Gasteiger partial charge < -0.3 is 33.6 Å². The van der Waals surface area contributed by atoms with Crippen LogP contribution in [0, 0.1) is 34.0 Å². The molecular weight excluding hydrogens is 556 g/mol. The van der Waals surface area contributed by atoms with Gasteiger partial charge in [0, 0.05) is 47.3 Å². The molecule has 10 nitrogen and oxygen atoms in total. The second-order valence-electron chi connectivity index (χ2n) is 15.3. The second kappa shape index (κ2) is 9.54. The molecule has 5 aliphatic rings. The van der Waals surface area contributed by atoms with Crippen molar-refractivity contribution < 1.29 is 48.0 Å². The number of fused-ring (bicyclic) bond motifs is 2. The average molecular weight is 603 g/mol.